The molecule has 0 aromatic heterocycles. The SMILES string of the molecule is Cc1ccc(NC(=O)c2cc3ccccc3cc2OCC(=O)c2ccccc2)cc1. The average molecular weight is 395 g/mol. The van der Waals surface area contributed by atoms with Gasteiger partial charge in [0.2, 0.25) is 0 Å². The van der Waals surface area contributed by atoms with Gasteiger partial charge in [0.05, 0.1) is 5.56 Å². The maximum atomic E-state index is 13.0. The fraction of sp³-hybridized carbons (Fsp3) is 0.0769. The number of fused-ring (bicyclic) bond motifs is 1. The van der Waals surface area contributed by atoms with E-state index >= 15 is 0 Å². The monoisotopic (exact) mass is 395 g/mol. The molecule has 1 amide bonds. The van der Waals surface area contributed by atoms with Crippen molar-refractivity contribution in [2.45, 2.75) is 6.92 Å². The Hall–Kier alpha value is -3.92. The number of Topliss-reactive ketones (excluding diaryl/α,β-unsaturated/α-hetero) is 1. The molecule has 0 aliphatic heterocycles. The maximum absolute atomic E-state index is 13.0. The van der Waals surface area contributed by atoms with Crippen LogP contribution < -0.4 is 10.1 Å². The number of nitrogens with one attached hydrogen (secondary N) is 1. The van der Waals surface area contributed by atoms with E-state index in [4.69, 9.17) is 4.74 Å². The molecule has 0 saturated carbocycles. The predicted molar refractivity (Wildman–Crippen MR) is 119 cm³/mol. The van der Waals surface area contributed by atoms with Crippen LogP contribution in [0.25, 0.3) is 10.8 Å². The number of rotatable bonds is 6. The Morgan fingerprint density at radius 3 is 2.13 bits per heavy atom. The van der Waals surface area contributed by atoms with Gasteiger partial charge in [-0.2, -0.15) is 0 Å². The molecule has 1 N–H and O–H groups in total. The van der Waals surface area contributed by atoms with E-state index in [1.165, 1.54) is 0 Å². The number of ketones is 1. The lowest BCUT2D eigenvalue weighted by Gasteiger charge is -2.13. The molecule has 4 rings (SSSR count). The van der Waals surface area contributed by atoms with Crippen LogP contribution in [0, 0.1) is 6.92 Å². The number of hydrogen-bond acceptors (Lipinski definition) is 3. The van der Waals surface area contributed by atoms with Crippen LogP contribution >= 0.6 is 0 Å². The van der Waals surface area contributed by atoms with E-state index in [1.807, 2.05) is 73.7 Å². The smallest absolute Gasteiger partial charge is 0.259 e. The van der Waals surface area contributed by atoms with E-state index in [2.05, 4.69) is 5.32 Å². The quantitative estimate of drug-likeness (QED) is 0.429. The van der Waals surface area contributed by atoms with Crippen molar-refractivity contribution in [3.63, 3.8) is 0 Å². The maximum Gasteiger partial charge on any atom is 0.259 e. The van der Waals surface area contributed by atoms with Crippen molar-refractivity contribution in [1.29, 1.82) is 0 Å². The molecule has 0 saturated heterocycles. The molecule has 0 atom stereocenters. The molecule has 0 spiro atoms. The highest BCUT2D eigenvalue weighted by molar-refractivity contribution is 6.09. The van der Waals surface area contributed by atoms with Crippen LogP contribution in [0.15, 0.2) is 91.0 Å². The number of amides is 1. The molecule has 4 heteroatoms. The standard InChI is InChI=1S/C26H21NO3/c1-18-11-13-22(14-12-18)27-26(29)23-15-20-9-5-6-10-21(20)16-25(23)30-17-24(28)19-7-3-2-4-8-19/h2-16H,17H2,1H3,(H,27,29). The zero-order valence-electron chi connectivity index (χ0n) is 16.6. The summed E-state index contributed by atoms with van der Waals surface area (Å²) in [6.07, 6.45) is 0. The van der Waals surface area contributed by atoms with Crippen LogP contribution in [0.1, 0.15) is 26.3 Å². The molecule has 0 radical (unpaired) electrons. The summed E-state index contributed by atoms with van der Waals surface area (Å²) >= 11 is 0. The Bertz CT molecular complexity index is 1200. The molecule has 30 heavy (non-hydrogen) atoms. The van der Waals surface area contributed by atoms with Crippen molar-refractivity contribution < 1.29 is 14.3 Å². The normalized spacial score (nSPS) is 10.6. The Morgan fingerprint density at radius 1 is 0.800 bits per heavy atom. The second-order valence-corrected chi connectivity index (χ2v) is 7.09. The van der Waals surface area contributed by atoms with Crippen LogP contribution in [0.5, 0.6) is 5.75 Å². The van der Waals surface area contributed by atoms with Gasteiger partial charge in [-0.25, -0.2) is 0 Å². The Labute approximate surface area is 175 Å². The van der Waals surface area contributed by atoms with E-state index in [-0.39, 0.29) is 18.3 Å². The molecule has 0 bridgehead atoms. The lowest BCUT2D eigenvalue weighted by atomic mass is 10.0. The number of ether oxygens (including phenoxy) is 1. The van der Waals surface area contributed by atoms with Crippen molar-refractivity contribution in [3.8, 4) is 5.75 Å². The molecule has 4 aromatic rings. The summed E-state index contributed by atoms with van der Waals surface area (Å²) in [4.78, 5) is 25.5. The molecule has 0 aliphatic rings. The highest BCUT2D eigenvalue weighted by atomic mass is 16.5. The molecule has 4 nitrogen and oxygen atoms in total. The minimum absolute atomic E-state index is 0.145. The van der Waals surface area contributed by atoms with Crippen molar-refractivity contribution in [2.24, 2.45) is 0 Å². The van der Waals surface area contributed by atoms with Crippen LogP contribution in [0.2, 0.25) is 0 Å². The molecule has 0 aliphatic carbocycles. The Balaban J connectivity index is 1.62. The van der Waals surface area contributed by atoms with E-state index in [0.29, 0.717) is 22.6 Å². The third-order valence-corrected chi connectivity index (χ3v) is 4.86. The van der Waals surface area contributed by atoms with Gasteiger partial charge < -0.3 is 10.1 Å². The van der Waals surface area contributed by atoms with Crippen molar-refractivity contribution in [1.82, 2.24) is 0 Å². The second-order valence-electron chi connectivity index (χ2n) is 7.09. The lowest BCUT2D eigenvalue weighted by molar-refractivity contribution is 0.0914. The average Bonchev–Trinajstić information content (AvgIpc) is 2.79. The number of hydrogen-bond donors (Lipinski definition) is 1. The van der Waals surface area contributed by atoms with E-state index < -0.39 is 0 Å². The van der Waals surface area contributed by atoms with Crippen molar-refractivity contribution in [2.75, 3.05) is 11.9 Å². The minimum Gasteiger partial charge on any atom is -0.485 e. The topological polar surface area (TPSA) is 55.4 Å². The highest BCUT2D eigenvalue weighted by Gasteiger charge is 2.16. The van der Waals surface area contributed by atoms with Gasteiger partial charge in [0.15, 0.2) is 12.4 Å². The number of aryl methyl sites for hydroxylation is 1. The van der Waals surface area contributed by atoms with Gasteiger partial charge >= 0.3 is 0 Å². The van der Waals surface area contributed by atoms with E-state index in [1.54, 1.807) is 24.3 Å². The number of benzene rings is 4. The zero-order chi connectivity index (χ0) is 20.9. The number of carbonyl (C=O) groups excluding carboxylic acids is 2. The molecule has 148 valence electrons. The summed E-state index contributed by atoms with van der Waals surface area (Å²) in [5.41, 5.74) is 2.77. The fourth-order valence-electron chi connectivity index (χ4n) is 3.20. The van der Waals surface area contributed by atoms with Gasteiger partial charge in [-0.3, -0.25) is 9.59 Å². The van der Waals surface area contributed by atoms with E-state index in [0.717, 1.165) is 16.3 Å². The fourth-order valence-corrected chi connectivity index (χ4v) is 3.20. The van der Waals surface area contributed by atoms with Crippen LogP contribution in [-0.2, 0) is 0 Å². The largest absolute Gasteiger partial charge is 0.485 e. The first-order valence-electron chi connectivity index (χ1n) is 9.72. The predicted octanol–water partition coefficient (Wildman–Crippen LogP) is 5.66. The van der Waals surface area contributed by atoms with Crippen LogP contribution in [-0.4, -0.2) is 18.3 Å². The first-order chi connectivity index (χ1) is 14.6. The molecule has 4 aromatic carbocycles. The van der Waals surface area contributed by atoms with Crippen molar-refractivity contribution in [3.05, 3.63) is 108 Å². The van der Waals surface area contributed by atoms with E-state index in [9.17, 15) is 9.59 Å². The van der Waals surface area contributed by atoms with Crippen molar-refractivity contribution >= 4 is 28.2 Å². The number of anilines is 1. The van der Waals surface area contributed by atoms with Gasteiger partial charge in [0.25, 0.3) is 5.91 Å². The number of carbonyl (C=O) groups is 2. The molecule has 0 heterocycles. The van der Waals surface area contributed by atoms with Crippen LogP contribution in [0.3, 0.4) is 0 Å². The summed E-state index contributed by atoms with van der Waals surface area (Å²) in [5.74, 6) is -0.0528. The summed E-state index contributed by atoms with van der Waals surface area (Å²) in [7, 11) is 0. The first kappa shape index (κ1) is 19.4. The molecular formula is C26H21NO3. The Kier molecular flexibility index (Phi) is 5.57. The highest BCUT2D eigenvalue weighted by Crippen LogP contribution is 2.27. The van der Waals surface area contributed by atoms with Gasteiger partial charge in [0, 0.05) is 11.3 Å². The minimum atomic E-state index is -0.285. The first-order valence-corrected chi connectivity index (χ1v) is 9.72. The lowest BCUT2D eigenvalue weighted by Crippen LogP contribution is -2.16. The second kappa shape index (κ2) is 8.62. The summed E-state index contributed by atoms with van der Waals surface area (Å²) in [6, 6.07) is 27.9. The molecular weight excluding hydrogens is 374 g/mol. The Morgan fingerprint density at radius 2 is 1.43 bits per heavy atom. The molecule has 0 unspecified atom stereocenters. The zero-order valence-corrected chi connectivity index (χ0v) is 16.6. The summed E-state index contributed by atoms with van der Waals surface area (Å²) in [5, 5.41) is 4.77. The summed E-state index contributed by atoms with van der Waals surface area (Å²) in [6.45, 7) is 1.85. The van der Waals surface area contributed by atoms with Gasteiger partial charge in [-0.1, -0.05) is 72.3 Å². The third-order valence-electron chi connectivity index (χ3n) is 4.86. The van der Waals surface area contributed by atoms with Gasteiger partial charge in [-0.15, -0.1) is 0 Å². The third kappa shape index (κ3) is 4.39. The van der Waals surface area contributed by atoms with Gasteiger partial charge in [-0.05, 0) is 42.0 Å². The molecule has 0 fully saturated rings. The van der Waals surface area contributed by atoms with Crippen LogP contribution in [0.4, 0.5) is 5.69 Å². The summed E-state index contributed by atoms with van der Waals surface area (Å²) < 4.78 is 5.83. The van der Waals surface area contributed by atoms with Gasteiger partial charge in [0.1, 0.15) is 5.75 Å².